The van der Waals surface area contributed by atoms with E-state index in [4.69, 9.17) is 4.98 Å². The summed E-state index contributed by atoms with van der Waals surface area (Å²) in [5, 5.41) is 8.55. The first kappa shape index (κ1) is 17.6. The number of hydrogen-bond acceptors (Lipinski definition) is 6. The van der Waals surface area contributed by atoms with Crippen molar-refractivity contribution in [3.8, 4) is 5.82 Å². The minimum absolute atomic E-state index is 0.0911. The molecule has 0 radical (unpaired) electrons. The number of aryl methyl sites for hydroxylation is 1. The molecule has 148 valence electrons. The lowest BCUT2D eigenvalue weighted by atomic mass is 9.97. The number of imidazole rings is 1. The van der Waals surface area contributed by atoms with Gasteiger partial charge in [-0.2, -0.15) is 5.10 Å². The molecule has 0 saturated carbocycles. The average molecular weight is 390 g/mol. The molecule has 29 heavy (non-hydrogen) atoms. The van der Waals surface area contributed by atoms with E-state index < -0.39 is 0 Å². The van der Waals surface area contributed by atoms with Crippen molar-refractivity contribution in [3.63, 3.8) is 0 Å². The Bertz CT molecular complexity index is 1180. The fourth-order valence-corrected chi connectivity index (χ4v) is 3.99. The molecule has 4 heterocycles. The Morgan fingerprint density at radius 1 is 1.10 bits per heavy atom. The van der Waals surface area contributed by atoms with Crippen LogP contribution in [0.2, 0.25) is 0 Å². The van der Waals surface area contributed by atoms with Gasteiger partial charge in [0.05, 0.1) is 11.0 Å². The molecule has 0 amide bonds. The van der Waals surface area contributed by atoms with Gasteiger partial charge in [-0.3, -0.25) is 4.79 Å². The van der Waals surface area contributed by atoms with Crippen molar-refractivity contribution in [2.24, 2.45) is 13.0 Å². The first-order valence-corrected chi connectivity index (χ1v) is 9.78. The number of para-hydroxylation sites is 2. The van der Waals surface area contributed by atoms with E-state index in [-0.39, 0.29) is 5.56 Å². The van der Waals surface area contributed by atoms with Crippen LogP contribution in [0, 0.1) is 5.92 Å². The minimum Gasteiger partial charge on any atom is -0.342 e. The van der Waals surface area contributed by atoms with Crippen LogP contribution in [-0.2, 0) is 13.6 Å². The zero-order chi connectivity index (χ0) is 19.8. The standard InChI is InChI=1S/C20H22N8O/c1-25-17-5-3-2-4-16(17)23-20(25)26-10-8-15(9-11-26)12-27-19(29)7-6-18(24-27)28-14-21-13-22-28/h2-7,13-15H,8-12H2,1H3. The summed E-state index contributed by atoms with van der Waals surface area (Å²) in [6.07, 6.45) is 5.01. The smallest absolute Gasteiger partial charge is 0.266 e. The number of piperidine rings is 1. The molecular formula is C20H22N8O. The van der Waals surface area contributed by atoms with E-state index in [0.717, 1.165) is 42.9 Å². The summed E-state index contributed by atoms with van der Waals surface area (Å²) in [5.74, 6) is 2.00. The Labute approximate surface area is 167 Å². The molecular weight excluding hydrogens is 368 g/mol. The summed E-state index contributed by atoms with van der Waals surface area (Å²) >= 11 is 0. The van der Waals surface area contributed by atoms with Crippen LogP contribution < -0.4 is 10.5 Å². The molecule has 1 aliphatic heterocycles. The zero-order valence-electron chi connectivity index (χ0n) is 16.2. The van der Waals surface area contributed by atoms with Crippen LogP contribution in [0.25, 0.3) is 16.9 Å². The second-order valence-corrected chi connectivity index (χ2v) is 7.44. The van der Waals surface area contributed by atoms with E-state index in [1.165, 1.54) is 6.33 Å². The molecule has 1 saturated heterocycles. The fraction of sp³-hybridized carbons (Fsp3) is 0.350. The predicted molar refractivity (Wildman–Crippen MR) is 109 cm³/mol. The van der Waals surface area contributed by atoms with Crippen LogP contribution in [0.5, 0.6) is 0 Å². The van der Waals surface area contributed by atoms with E-state index in [1.807, 2.05) is 18.2 Å². The zero-order valence-corrected chi connectivity index (χ0v) is 16.2. The number of aromatic nitrogens is 7. The lowest BCUT2D eigenvalue weighted by Gasteiger charge is -2.32. The molecule has 1 fully saturated rings. The van der Waals surface area contributed by atoms with E-state index in [2.05, 4.69) is 37.8 Å². The van der Waals surface area contributed by atoms with E-state index in [0.29, 0.717) is 18.3 Å². The van der Waals surface area contributed by atoms with Crippen molar-refractivity contribution in [1.29, 1.82) is 0 Å². The van der Waals surface area contributed by atoms with Gasteiger partial charge in [0, 0.05) is 32.7 Å². The lowest BCUT2D eigenvalue weighted by Crippen LogP contribution is -2.38. The van der Waals surface area contributed by atoms with Crippen LogP contribution in [-0.4, -0.2) is 47.2 Å². The van der Waals surface area contributed by atoms with Crippen LogP contribution in [0.1, 0.15) is 12.8 Å². The van der Waals surface area contributed by atoms with Gasteiger partial charge in [0.25, 0.3) is 5.56 Å². The minimum atomic E-state index is -0.0911. The lowest BCUT2D eigenvalue weighted by molar-refractivity contribution is 0.332. The van der Waals surface area contributed by atoms with Gasteiger partial charge in [-0.25, -0.2) is 19.3 Å². The first-order chi connectivity index (χ1) is 14.2. The second kappa shape index (κ2) is 7.16. The highest BCUT2D eigenvalue weighted by atomic mass is 16.1. The Balaban J connectivity index is 1.29. The average Bonchev–Trinajstić information content (AvgIpc) is 3.39. The number of anilines is 1. The Kier molecular flexibility index (Phi) is 4.34. The number of benzene rings is 1. The third kappa shape index (κ3) is 3.28. The molecule has 9 heteroatoms. The van der Waals surface area contributed by atoms with Crippen LogP contribution in [0.15, 0.2) is 53.8 Å². The van der Waals surface area contributed by atoms with Crippen molar-refractivity contribution in [2.45, 2.75) is 19.4 Å². The number of nitrogens with zero attached hydrogens (tertiary/aromatic N) is 8. The SMILES string of the molecule is Cn1c(N2CCC(Cn3nc(-n4cncn4)ccc3=O)CC2)nc2ccccc21. The maximum absolute atomic E-state index is 12.3. The summed E-state index contributed by atoms with van der Waals surface area (Å²) in [5.41, 5.74) is 2.07. The van der Waals surface area contributed by atoms with Gasteiger partial charge in [-0.1, -0.05) is 12.1 Å². The number of rotatable bonds is 4. The second-order valence-electron chi connectivity index (χ2n) is 7.44. The van der Waals surface area contributed by atoms with Gasteiger partial charge in [0.15, 0.2) is 5.82 Å². The molecule has 0 unspecified atom stereocenters. The maximum atomic E-state index is 12.3. The number of hydrogen-bond donors (Lipinski definition) is 0. The first-order valence-electron chi connectivity index (χ1n) is 9.78. The van der Waals surface area contributed by atoms with E-state index in [1.54, 1.807) is 27.8 Å². The Hall–Kier alpha value is -3.49. The third-order valence-electron chi connectivity index (χ3n) is 5.60. The van der Waals surface area contributed by atoms with Crippen LogP contribution >= 0.6 is 0 Å². The number of fused-ring (bicyclic) bond motifs is 1. The van der Waals surface area contributed by atoms with Gasteiger partial charge in [0.1, 0.15) is 12.7 Å². The van der Waals surface area contributed by atoms with E-state index in [9.17, 15) is 4.79 Å². The highest BCUT2D eigenvalue weighted by Crippen LogP contribution is 2.26. The molecule has 0 spiro atoms. The van der Waals surface area contributed by atoms with Crippen molar-refractivity contribution in [3.05, 3.63) is 59.4 Å². The summed E-state index contributed by atoms with van der Waals surface area (Å²) in [7, 11) is 2.07. The highest BCUT2D eigenvalue weighted by Gasteiger charge is 2.23. The van der Waals surface area contributed by atoms with Crippen molar-refractivity contribution in [2.75, 3.05) is 18.0 Å². The molecule has 0 aliphatic carbocycles. The molecule has 1 aliphatic rings. The predicted octanol–water partition coefficient (Wildman–Crippen LogP) is 1.63. The highest BCUT2D eigenvalue weighted by molar-refractivity contribution is 5.78. The summed E-state index contributed by atoms with van der Waals surface area (Å²) in [6.45, 7) is 2.44. The largest absolute Gasteiger partial charge is 0.342 e. The monoisotopic (exact) mass is 390 g/mol. The quantitative estimate of drug-likeness (QED) is 0.526. The summed E-state index contributed by atoms with van der Waals surface area (Å²) in [6, 6.07) is 11.4. The molecule has 5 rings (SSSR count). The molecule has 0 N–H and O–H groups in total. The van der Waals surface area contributed by atoms with Crippen LogP contribution in [0.4, 0.5) is 5.95 Å². The van der Waals surface area contributed by atoms with Crippen LogP contribution in [0.3, 0.4) is 0 Å². The van der Waals surface area contributed by atoms with Crippen molar-refractivity contribution < 1.29 is 0 Å². The molecule has 0 bridgehead atoms. The summed E-state index contributed by atoms with van der Waals surface area (Å²) in [4.78, 5) is 23.3. The van der Waals surface area contributed by atoms with Gasteiger partial charge >= 0.3 is 0 Å². The van der Waals surface area contributed by atoms with E-state index >= 15 is 0 Å². The molecule has 9 nitrogen and oxygen atoms in total. The normalized spacial score (nSPS) is 15.3. The molecule has 4 aromatic rings. The maximum Gasteiger partial charge on any atom is 0.266 e. The van der Waals surface area contributed by atoms with Crippen molar-refractivity contribution >= 4 is 17.0 Å². The fourth-order valence-electron chi connectivity index (χ4n) is 3.99. The topological polar surface area (TPSA) is 86.7 Å². The molecule has 3 aromatic heterocycles. The van der Waals surface area contributed by atoms with Gasteiger partial charge < -0.3 is 9.47 Å². The Morgan fingerprint density at radius 2 is 1.93 bits per heavy atom. The van der Waals surface area contributed by atoms with Gasteiger partial charge in [-0.05, 0) is 37.0 Å². The van der Waals surface area contributed by atoms with Gasteiger partial charge in [0.2, 0.25) is 5.95 Å². The molecule has 1 aromatic carbocycles. The third-order valence-corrected chi connectivity index (χ3v) is 5.60. The molecule has 0 atom stereocenters. The Morgan fingerprint density at radius 3 is 2.69 bits per heavy atom. The van der Waals surface area contributed by atoms with Crippen molar-refractivity contribution in [1.82, 2.24) is 34.1 Å². The summed E-state index contributed by atoms with van der Waals surface area (Å²) < 4.78 is 5.26. The van der Waals surface area contributed by atoms with Gasteiger partial charge in [-0.15, -0.1) is 5.10 Å².